The van der Waals surface area contributed by atoms with Crippen LogP contribution < -0.4 is 0 Å². The van der Waals surface area contributed by atoms with Crippen LogP contribution in [0.3, 0.4) is 0 Å². The molecule has 1 aliphatic heterocycles. The van der Waals surface area contributed by atoms with Crippen LogP contribution in [0.1, 0.15) is 26.3 Å². The van der Waals surface area contributed by atoms with E-state index in [1.807, 2.05) is 24.3 Å². The second kappa shape index (κ2) is 4.55. The van der Waals surface area contributed by atoms with Crippen molar-refractivity contribution in [3.8, 4) is 0 Å². The van der Waals surface area contributed by atoms with Crippen molar-refractivity contribution >= 4 is 23.5 Å². The summed E-state index contributed by atoms with van der Waals surface area (Å²) >= 11 is 1.45. The Morgan fingerprint density at radius 1 is 1.05 bits per heavy atom. The van der Waals surface area contributed by atoms with Crippen molar-refractivity contribution in [2.24, 2.45) is 0 Å². The van der Waals surface area contributed by atoms with Gasteiger partial charge in [0.2, 0.25) is 0 Å². The van der Waals surface area contributed by atoms with Crippen molar-refractivity contribution in [2.75, 3.05) is 0 Å². The van der Waals surface area contributed by atoms with Gasteiger partial charge in [0.1, 0.15) is 0 Å². The smallest absolute Gasteiger partial charge is 0.336 e. The van der Waals surface area contributed by atoms with Crippen LogP contribution in [0.4, 0.5) is 0 Å². The highest BCUT2D eigenvalue weighted by atomic mass is 32.2. The monoisotopic (exact) mass is 270 g/mol. The van der Waals surface area contributed by atoms with E-state index in [0.29, 0.717) is 5.56 Å². The van der Waals surface area contributed by atoms with Gasteiger partial charge in [0, 0.05) is 21.8 Å². The molecule has 0 saturated carbocycles. The van der Waals surface area contributed by atoms with Gasteiger partial charge in [-0.3, -0.25) is 4.79 Å². The number of carboxylic acids is 1. The molecular weight excluding hydrogens is 260 g/mol. The number of aromatic carboxylic acids is 1. The van der Waals surface area contributed by atoms with Gasteiger partial charge in [-0.2, -0.15) is 0 Å². The average Bonchev–Trinajstić information content (AvgIpc) is 2.54. The van der Waals surface area contributed by atoms with E-state index in [4.69, 9.17) is 0 Å². The highest BCUT2D eigenvalue weighted by molar-refractivity contribution is 7.99. The van der Waals surface area contributed by atoms with E-state index in [0.717, 1.165) is 15.4 Å². The number of rotatable bonds is 1. The zero-order valence-corrected chi connectivity index (χ0v) is 10.7. The topological polar surface area (TPSA) is 54.4 Å². The first-order valence-electron chi connectivity index (χ1n) is 5.82. The standard InChI is InChI=1S/C15H10O3S/c16-11-8-9-4-1-2-6-12(9)19-13-7-3-5-10(14(11)13)15(17)18/h1-7H,8H2,(H,17,18). The molecule has 0 unspecified atom stereocenters. The molecule has 1 aliphatic rings. The lowest BCUT2D eigenvalue weighted by Crippen LogP contribution is -2.10. The molecule has 0 fully saturated rings. The summed E-state index contributed by atoms with van der Waals surface area (Å²) in [5.41, 5.74) is 1.36. The van der Waals surface area contributed by atoms with Crippen LogP contribution in [0.25, 0.3) is 0 Å². The van der Waals surface area contributed by atoms with Gasteiger partial charge in [-0.1, -0.05) is 36.0 Å². The molecule has 2 aromatic rings. The van der Waals surface area contributed by atoms with Crippen molar-refractivity contribution in [1.82, 2.24) is 0 Å². The molecule has 4 heteroatoms. The maximum Gasteiger partial charge on any atom is 0.336 e. The largest absolute Gasteiger partial charge is 0.478 e. The molecule has 1 heterocycles. The molecule has 0 atom stereocenters. The van der Waals surface area contributed by atoms with Crippen molar-refractivity contribution in [1.29, 1.82) is 0 Å². The first kappa shape index (κ1) is 12.0. The van der Waals surface area contributed by atoms with Crippen molar-refractivity contribution in [3.63, 3.8) is 0 Å². The zero-order valence-electron chi connectivity index (χ0n) is 9.92. The Labute approximate surface area is 114 Å². The number of hydrogen-bond acceptors (Lipinski definition) is 3. The van der Waals surface area contributed by atoms with E-state index in [1.165, 1.54) is 17.8 Å². The number of carboxylic acid groups (broad SMARTS) is 1. The maximum atomic E-state index is 12.3. The molecule has 94 valence electrons. The summed E-state index contributed by atoms with van der Waals surface area (Å²) in [4.78, 5) is 25.3. The molecule has 2 aromatic carbocycles. The third kappa shape index (κ3) is 2.04. The van der Waals surface area contributed by atoms with Crippen LogP contribution in [0, 0.1) is 0 Å². The first-order valence-corrected chi connectivity index (χ1v) is 6.64. The minimum absolute atomic E-state index is 0.0859. The van der Waals surface area contributed by atoms with E-state index in [9.17, 15) is 14.7 Å². The Hall–Kier alpha value is -2.07. The molecule has 3 nitrogen and oxygen atoms in total. The number of ketones is 1. The molecule has 0 aliphatic carbocycles. The van der Waals surface area contributed by atoms with E-state index in [2.05, 4.69) is 0 Å². The summed E-state index contributed by atoms with van der Waals surface area (Å²) in [5, 5.41) is 9.21. The lowest BCUT2D eigenvalue weighted by molar-refractivity contribution is 0.0691. The Morgan fingerprint density at radius 2 is 1.79 bits per heavy atom. The van der Waals surface area contributed by atoms with E-state index in [-0.39, 0.29) is 17.8 Å². The lowest BCUT2D eigenvalue weighted by Gasteiger charge is -2.07. The summed E-state index contributed by atoms with van der Waals surface area (Å²) in [6, 6.07) is 12.6. The summed E-state index contributed by atoms with van der Waals surface area (Å²) < 4.78 is 0. The number of benzene rings is 2. The minimum atomic E-state index is -1.06. The van der Waals surface area contributed by atoms with Crippen molar-refractivity contribution < 1.29 is 14.7 Å². The number of carbonyl (C=O) groups is 2. The fraction of sp³-hybridized carbons (Fsp3) is 0.0667. The van der Waals surface area contributed by atoms with Crippen LogP contribution in [0.2, 0.25) is 0 Å². The second-order valence-corrected chi connectivity index (χ2v) is 5.38. The van der Waals surface area contributed by atoms with Gasteiger partial charge in [-0.15, -0.1) is 0 Å². The van der Waals surface area contributed by atoms with E-state index in [1.54, 1.807) is 12.1 Å². The van der Waals surface area contributed by atoms with Gasteiger partial charge in [0.05, 0.1) is 5.56 Å². The quantitative estimate of drug-likeness (QED) is 0.864. The third-order valence-corrected chi connectivity index (χ3v) is 4.26. The molecule has 0 bridgehead atoms. The maximum absolute atomic E-state index is 12.3. The Balaban J connectivity index is 2.22. The number of carbonyl (C=O) groups excluding carboxylic acids is 1. The van der Waals surface area contributed by atoms with Gasteiger partial charge in [-0.05, 0) is 23.8 Å². The van der Waals surface area contributed by atoms with E-state index < -0.39 is 5.97 Å². The summed E-state index contributed by atoms with van der Waals surface area (Å²) in [6.45, 7) is 0. The number of Topliss-reactive ketones (excluding diaryl/α,β-unsaturated/α-hetero) is 1. The molecule has 0 aromatic heterocycles. The minimum Gasteiger partial charge on any atom is -0.478 e. The third-order valence-electron chi connectivity index (χ3n) is 3.08. The number of hydrogen-bond donors (Lipinski definition) is 1. The normalized spacial score (nSPS) is 13.4. The van der Waals surface area contributed by atoms with Crippen LogP contribution in [-0.2, 0) is 6.42 Å². The fourth-order valence-corrected chi connectivity index (χ4v) is 3.34. The first-order chi connectivity index (χ1) is 9.16. The SMILES string of the molecule is O=C(O)c1cccc2c1C(=O)Cc1ccccc1S2. The van der Waals surface area contributed by atoms with Crippen LogP contribution >= 0.6 is 11.8 Å². The predicted molar refractivity (Wildman–Crippen MR) is 72.0 cm³/mol. The van der Waals surface area contributed by atoms with Crippen LogP contribution in [0.15, 0.2) is 52.3 Å². The molecule has 0 amide bonds. The molecular formula is C15H10O3S. The van der Waals surface area contributed by atoms with Crippen molar-refractivity contribution in [3.05, 3.63) is 59.2 Å². The molecule has 3 rings (SSSR count). The highest BCUT2D eigenvalue weighted by Crippen LogP contribution is 2.38. The summed E-state index contributed by atoms with van der Waals surface area (Å²) in [7, 11) is 0. The Kier molecular flexibility index (Phi) is 2.87. The zero-order chi connectivity index (χ0) is 13.4. The number of fused-ring (bicyclic) bond motifs is 2. The molecule has 0 saturated heterocycles. The van der Waals surface area contributed by atoms with Gasteiger partial charge in [0.25, 0.3) is 0 Å². The second-order valence-electron chi connectivity index (χ2n) is 4.29. The van der Waals surface area contributed by atoms with E-state index >= 15 is 0 Å². The summed E-state index contributed by atoms with van der Waals surface area (Å²) in [5.74, 6) is -1.19. The van der Waals surface area contributed by atoms with Gasteiger partial charge >= 0.3 is 5.97 Å². The molecule has 1 N–H and O–H groups in total. The van der Waals surface area contributed by atoms with Gasteiger partial charge in [0.15, 0.2) is 5.78 Å². The van der Waals surface area contributed by atoms with Crippen molar-refractivity contribution in [2.45, 2.75) is 16.2 Å². The molecule has 0 spiro atoms. The predicted octanol–water partition coefficient (Wildman–Crippen LogP) is 3.27. The average molecular weight is 270 g/mol. The fourth-order valence-electron chi connectivity index (χ4n) is 2.21. The van der Waals surface area contributed by atoms with Gasteiger partial charge in [-0.25, -0.2) is 4.79 Å². The lowest BCUT2D eigenvalue weighted by atomic mass is 9.98. The van der Waals surface area contributed by atoms with Crippen LogP contribution in [0.5, 0.6) is 0 Å². The van der Waals surface area contributed by atoms with Gasteiger partial charge < -0.3 is 5.11 Å². The molecule has 0 radical (unpaired) electrons. The summed E-state index contributed by atoms with van der Waals surface area (Å²) in [6.07, 6.45) is 0.250. The molecule has 19 heavy (non-hydrogen) atoms. The highest BCUT2D eigenvalue weighted by Gasteiger charge is 2.25. The van der Waals surface area contributed by atoms with Crippen LogP contribution in [-0.4, -0.2) is 16.9 Å². The Bertz CT molecular complexity index is 692. The Morgan fingerprint density at radius 3 is 2.58 bits per heavy atom.